The van der Waals surface area contributed by atoms with Gasteiger partial charge in [0.1, 0.15) is 18.5 Å². The zero-order valence-electron chi connectivity index (χ0n) is 7.81. The lowest BCUT2D eigenvalue weighted by atomic mass is 10.0. The van der Waals surface area contributed by atoms with Crippen molar-refractivity contribution in [1.29, 1.82) is 0 Å². The Bertz CT molecular complexity index is 426. The number of alkyl halides is 1. The van der Waals surface area contributed by atoms with Crippen LogP contribution < -0.4 is 4.74 Å². The summed E-state index contributed by atoms with van der Waals surface area (Å²) in [6, 6.07) is 6.71. The van der Waals surface area contributed by atoms with Gasteiger partial charge in [-0.25, -0.2) is 9.18 Å². The zero-order chi connectivity index (χ0) is 10.8. The molecule has 1 N–H and O–H groups in total. The number of hydrogen-bond donors (Lipinski definition) is 1. The number of carboxylic acids is 1. The molecule has 0 radical (unpaired) electrons. The molecule has 15 heavy (non-hydrogen) atoms. The van der Waals surface area contributed by atoms with E-state index in [1.54, 1.807) is 24.3 Å². The molecule has 0 saturated heterocycles. The van der Waals surface area contributed by atoms with Gasteiger partial charge in [-0.15, -0.1) is 0 Å². The Morgan fingerprint density at radius 1 is 1.47 bits per heavy atom. The molecule has 1 aliphatic rings. The maximum atomic E-state index is 12.4. The highest BCUT2D eigenvalue weighted by Crippen LogP contribution is 2.31. The van der Waals surface area contributed by atoms with Crippen LogP contribution in [0, 0.1) is 0 Å². The van der Waals surface area contributed by atoms with E-state index in [0.717, 1.165) is 0 Å². The molecule has 1 aliphatic heterocycles. The van der Waals surface area contributed by atoms with Gasteiger partial charge in [0.25, 0.3) is 0 Å². The summed E-state index contributed by atoms with van der Waals surface area (Å²) in [5, 5.41) is 8.95. The second-order valence-corrected chi connectivity index (χ2v) is 3.19. The van der Waals surface area contributed by atoms with Crippen molar-refractivity contribution in [3.8, 4) is 5.75 Å². The van der Waals surface area contributed by atoms with Crippen molar-refractivity contribution in [1.82, 2.24) is 0 Å². The molecule has 0 fully saturated rings. The maximum Gasteiger partial charge on any atom is 0.336 e. The van der Waals surface area contributed by atoms with Gasteiger partial charge in [0.2, 0.25) is 0 Å². The second kappa shape index (κ2) is 3.73. The number of carbonyl (C=O) groups is 1. The number of para-hydroxylation sites is 1. The Morgan fingerprint density at radius 2 is 2.20 bits per heavy atom. The highest BCUT2D eigenvalue weighted by molar-refractivity contribution is 6.16. The van der Waals surface area contributed by atoms with Gasteiger partial charge in [-0.3, -0.25) is 0 Å². The van der Waals surface area contributed by atoms with E-state index >= 15 is 0 Å². The van der Waals surface area contributed by atoms with E-state index in [1.165, 1.54) is 6.08 Å². The van der Waals surface area contributed by atoms with Crippen molar-refractivity contribution < 1.29 is 19.0 Å². The summed E-state index contributed by atoms with van der Waals surface area (Å²) >= 11 is 0. The predicted octanol–water partition coefficient (Wildman–Crippen LogP) is 1.89. The molecule has 1 unspecified atom stereocenters. The predicted molar refractivity (Wildman–Crippen MR) is 52.4 cm³/mol. The van der Waals surface area contributed by atoms with Crippen LogP contribution in [-0.4, -0.2) is 23.9 Å². The van der Waals surface area contributed by atoms with Gasteiger partial charge in [0.15, 0.2) is 0 Å². The molecule has 1 atom stereocenters. The third-order valence-electron chi connectivity index (χ3n) is 2.19. The summed E-state index contributed by atoms with van der Waals surface area (Å²) < 4.78 is 17.7. The average Bonchev–Trinajstić information content (AvgIpc) is 2.27. The Labute approximate surface area is 85.8 Å². The van der Waals surface area contributed by atoms with Gasteiger partial charge in [-0.2, -0.15) is 0 Å². The van der Waals surface area contributed by atoms with E-state index in [9.17, 15) is 9.18 Å². The van der Waals surface area contributed by atoms with Crippen LogP contribution in [0.4, 0.5) is 4.39 Å². The van der Waals surface area contributed by atoms with Crippen LogP contribution in [0.25, 0.3) is 5.57 Å². The molecule has 0 aliphatic carbocycles. The van der Waals surface area contributed by atoms with Crippen molar-refractivity contribution >= 4 is 11.5 Å². The lowest BCUT2D eigenvalue weighted by Crippen LogP contribution is -2.22. The highest BCUT2D eigenvalue weighted by atomic mass is 19.1. The molecule has 0 spiro atoms. The van der Waals surface area contributed by atoms with Crippen LogP contribution in [0.5, 0.6) is 5.75 Å². The lowest BCUT2D eigenvalue weighted by molar-refractivity contribution is -0.130. The smallest absolute Gasteiger partial charge is 0.336 e. The molecule has 4 heteroatoms. The number of rotatable bonds is 2. The molecule has 1 aromatic rings. The fraction of sp³-hybridized carbons (Fsp3) is 0.182. The van der Waals surface area contributed by atoms with E-state index in [0.29, 0.717) is 11.3 Å². The first-order valence-corrected chi connectivity index (χ1v) is 4.49. The summed E-state index contributed by atoms with van der Waals surface area (Å²) in [5.41, 5.74) is 0.592. The number of carboxylic acid groups (broad SMARTS) is 1. The molecular formula is C11H9FO3. The monoisotopic (exact) mass is 208 g/mol. The summed E-state index contributed by atoms with van der Waals surface area (Å²) in [6.45, 7) is -0.731. The minimum absolute atomic E-state index is 0.0968. The van der Waals surface area contributed by atoms with Gasteiger partial charge >= 0.3 is 5.97 Å². The fourth-order valence-electron chi connectivity index (χ4n) is 1.53. The standard InChI is InChI=1S/C11H9FO3/c12-6-7-5-9(11(13)14)8-3-1-2-4-10(8)15-7/h1-5,7H,6H2,(H,13,14). The molecule has 3 nitrogen and oxygen atoms in total. The molecule has 2 rings (SSSR count). The molecule has 0 bridgehead atoms. The summed E-state index contributed by atoms with van der Waals surface area (Å²) in [6.07, 6.45) is 0.496. The van der Waals surface area contributed by atoms with E-state index < -0.39 is 18.7 Å². The van der Waals surface area contributed by atoms with Gasteiger partial charge in [0.05, 0.1) is 5.57 Å². The summed E-state index contributed by atoms with van der Waals surface area (Å²) in [7, 11) is 0. The third-order valence-corrected chi connectivity index (χ3v) is 2.19. The molecule has 0 amide bonds. The molecule has 78 valence electrons. The first kappa shape index (κ1) is 9.71. The van der Waals surface area contributed by atoms with Crippen molar-refractivity contribution in [2.75, 3.05) is 6.67 Å². The highest BCUT2D eigenvalue weighted by Gasteiger charge is 2.23. The van der Waals surface area contributed by atoms with Crippen LogP contribution in [0.15, 0.2) is 30.3 Å². The Morgan fingerprint density at radius 3 is 2.87 bits per heavy atom. The lowest BCUT2D eigenvalue weighted by Gasteiger charge is -2.21. The third kappa shape index (κ3) is 1.70. The number of hydrogen-bond acceptors (Lipinski definition) is 2. The Balaban J connectivity index is 2.50. The minimum atomic E-state index is -1.07. The first-order valence-electron chi connectivity index (χ1n) is 4.49. The normalized spacial score (nSPS) is 18.7. The van der Waals surface area contributed by atoms with E-state index in [4.69, 9.17) is 9.84 Å². The number of ether oxygens (including phenoxy) is 1. The van der Waals surface area contributed by atoms with Crippen LogP contribution in [0.1, 0.15) is 5.56 Å². The van der Waals surface area contributed by atoms with Crippen LogP contribution >= 0.6 is 0 Å². The number of fused-ring (bicyclic) bond motifs is 1. The molecular weight excluding hydrogens is 199 g/mol. The summed E-state index contributed by atoms with van der Waals surface area (Å²) in [5.74, 6) is -0.649. The second-order valence-electron chi connectivity index (χ2n) is 3.19. The van der Waals surface area contributed by atoms with Crippen molar-refractivity contribution in [3.63, 3.8) is 0 Å². The molecule has 0 aromatic heterocycles. The molecule has 0 saturated carbocycles. The van der Waals surface area contributed by atoms with Crippen LogP contribution in [0.2, 0.25) is 0 Å². The van der Waals surface area contributed by atoms with Crippen LogP contribution in [-0.2, 0) is 4.79 Å². The van der Waals surface area contributed by atoms with E-state index in [1.807, 2.05) is 0 Å². The van der Waals surface area contributed by atoms with E-state index in [-0.39, 0.29) is 5.57 Å². The number of aliphatic carboxylic acids is 1. The van der Waals surface area contributed by atoms with Crippen LogP contribution in [0.3, 0.4) is 0 Å². The van der Waals surface area contributed by atoms with Crippen molar-refractivity contribution in [2.45, 2.75) is 6.10 Å². The summed E-state index contributed by atoms with van der Waals surface area (Å²) in [4.78, 5) is 10.9. The number of benzene rings is 1. The Hall–Kier alpha value is -1.84. The first-order chi connectivity index (χ1) is 7.22. The zero-order valence-corrected chi connectivity index (χ0v) is 7.81. The fourth-order valence-corrected chi connectivity index (χ4v) is 1.53. The maximum absolute atomic E-state index is 12.4. The van der Waals surface area contributed by atoms with E-state index in [2.05, 4.69) is 0 Å². The van der Waals surface area contributed by atoms with Gasteiger partial charge in [-0.05, 0) is 12.1 Å². The Kier molecular flexibility index (Phi) is 2.41. The molecule has 1 heterocycles. The largest absolute Gasteiger partial charge is 0.483 e. The van der Waals surface area contributed by atoms with Crippen molar-refractivity contribution in [3.05, 3.63) is 35.9 Å². The van der Waals surface area contributed by atoms with Gasteiger partial charge < -0.3 is 9.84 Å². The SMILES string of the molecule is O=C(O)C1=CC(CF)Oc2ccccc21. The minimum Gasteiger partial charge on any atom is -0.483 e. The van der Waals surface area contributed by atoms with Gasteiger partial charge in [-0.1, -0.05) is 18.2 Å². The average molecular weight is 208 g/mol. The quantitative estimate of drug-likeness (QED) is 0.807. The number of halogens is 1. The van der Waals surface area contributed by atoms with Gasteiger partial charge in [0, 0.05) is 5.56 Å². The van der Waals surface area contributed by atoms with Crippen molar-refractivity contribution in [2.24, 2.45) is 0 Å². The molecule has 1 aromatic carbocycles. The topological polar surface area (TPSA) is 46.5 Å².